The highest BCUT2D eigenvalue weighted by molar-refractivity contribution is 6.10. The van der Waals surface area contributed by atoms with Gasteiger partial charge in [-0.15, -0.1) is 0 Å². The summed E-state index contributed by atoms with van der Waals surface area (Å²) in [7, 11) is 0. The predicted octanol–water partition coefficient (Wildman–Crippen LogP) is 3.86. The third kappa shape index (κ3) is 3.60. The summed E-state index contributed by atoms with van der Waals surface area (Å²) in [6, 6.07) is 13.7. The summed E-state index contributed by atoms with van der Waals surface area (Å²) in [6.07, 6.45) is 3.33. The number of nitrogens with one attached hydrogen (secondary N) is 1. The van der Waals surface area contributed by atoms with Crippen molar-refractivity contribution >= 4 is 29.0 Å². The lowest BCUT2D eigenvalue weighted by Crippen LogP contribution is -2.41. The van der Waals surface area contributed by atoms with Crippen molar-refractivity contribution in [3.63, 3.8) is 0 Å². The van der Waals surface area contributed by atoms with E-state index in [1.54, 1.807) is 4.90 Å². The quantitative estimate of drug-likeness (QED) is 0.585. The van der Waals surface area contributed by atoms with E-state index < -0.39 is 0 Å². The van der Waals surface area contributed by atoms with Crippen LogP contribution in [-0.4, -0.2) is 47.5 Å². The molecule has 1 saturated heterocycles. The maximum atomic E-state index is 13.5. The van der Waals surface area contributed by atoms with Crippen molar-refractivity contribution in [1.82, 2.24) is 10.2 Å². The second kappa shape index (κ2) is 8.37. The minimum atomic E-state index is -0.220. The molecule has 3 aliphatic rings. The molecule has 2 amide bonds. The van der Waals surface area contributed by atoms with Gasteiger partial charge in [0.15, 0.2) is 5.78 Å². The Morgan fingerprint density at radius 2 is 1.80 bits per heavy atom. The van der Waals surface area contributed by atoms with E-state index in [2.05, 4.69) is 16.3 Å². The number of Topliss-reactive ketones (excluding diaryl/α,β-unsaturated/α-hetero) is 1. The number of H-pyrrole nitrogens is 1. The number of benzene rings is 2. The maximum Gasteiger partial charge on any atom is 0.276 e. The SMILES string of the molecule is CC(=O)c1n[nH]c2c1C(c1ccc3c(c1)CCO3)CN(c1ccc(N3CCCCC3=O)cc1)C2=O. The predicted molar refractivity (Wildman–Crippen MR) is 130 cm³/mol. The summed E-state index contributed by atoms with van der Waals surface area (Å²) in [5.41, 5.74) is 5.06. The van der Waals surface area contributed by atoms with Gasteiger partial charge in [0.05, 0.1) is 6.61 Å². The van der Waals surface area contributed by atoms with Crippen molar-refractivity contribution < 1.29 is 19.1 Å². The lowest BCUT2D eigenvalue weighted by Gasteiger charge is -2.33. The molecule has 1 fully saturated rings. The van der Waals surface area contributed by atoms with E-state index in [-0.39, 0.29) is 23.5 Å². The summed E-state index contributed by atoms with van der Waals surface area (Å²) < 4.78 is 5.67. The fraction of sp³-hybridized carbons (Fsp3) is 0.333. The van der Waals surface area contributed by atoms with Crippen LogP contribution < -0.4 is 14.5 Å². The minimum Gasteiger partial charge on any atom is -0.493 e. The van der Waals surface area contributed by atoms with Crippen molar-refractivity contribution in [3.05, 3.63) is 70.5 Å². The topological polar surface area (TPSA) is 95.6 Å². The number of carbonyl (C=O) groups is 3. The molecule has 1 atom stereocenters. The molecule has 1 aromatic heterocycles. The van der Waals surface area contributed by atoms with Crippen LogP contribution in [-0.2, 0) is 11.2 Å². The highest BCUT2D eigenvalue weighted by atomic mass is 16.5. The van der Waals surface area contributed by atoms with Gasteiger partial charge in [-0.05, 0) is 54.3 Å². The molecule has 0 radical (unpaired) electrons. The van der Waals surface area contributed by atoms with Gasteiger partial charge in [0.2, 0.25) is 5.91 Å². The van der Waals surface area contributed by atoms with Crippen molar-refractivity contribution in [2.24, 2.45) is 0 Å². The number of rotatable bonds is 4. The third-order valence-electron chi connectivity index (χ3n) is 7.22. The van der Waals surface area contributed by atoms with Gasteiger partial charge in [-0.1, -0.05) is 12.1 Å². The summed E-state index contributed by atoms with van der Waals surface area (Å²) in [4.78, 5) is 41.7. The number of hydrogen-bond donors (Lipinski definition) is 1. The van der Waals surface area contributed by atoms with E-state index >= 15 is 0 Å². The Hall–Kier alpha value is -3.94. The number of ketones is 1. The number of aromatic nitrogens is 2. The molecule has 1 unspecified atom stereocenters. The largest absolute Gasteiger partial charge is 0.493 e. The van der Waals surface area contributed by atoms with E-state index in [0.29, 0.717) is 36.5 Å². The van der Waals surface area contributed by atoms with E-state index in [0.717, 1.165) is 54.1 Å². The van der Waals surface area contributed by atoms with Crippen LogP contribution in [0.1, 0.15) is 69.8 Å². The fourth-order valence-corrected chi connectivity index (χ4v) is 5.42. The molecule has 2 aromatic carbocycles. The van der Waals surface area contributed by atoms with E-state index in [9.17, 15) is 14.4 Å². The third-order valence-corrected chi connectivity index (χ3v) is 7.22. The van der Waals surface area contributed by atoms with Crippen molar-refractivity contribution in [1.29, 1.82) is 0 Å². The Bertz CT molecular complexity index is 1340. The average molecular weight is 471 g/mol. The molecule has 1 N–H and O–H groups in total. The summed E-state index contributed by atoms with van der Waals surface area (Å²) in [5.74, 6) is 0.419. The zero-order valence-corrected chi connectivity index (χ0v) is 19.5. The van der Waals surface area contributed by atoms with Crippen LogP contribution in [0.4, 0.5) is 11.4 Å². The molecule has 8 heteroatoms. The highest BCUT2D eigenvalue weighted by Gasteiger charge is 2.38. The van der Waals surface area contributed by atoms with Crippen LogP contribution >= 0.6 is 0 Å². The van der Waals surface area contributed by atoms with Gasteiger partial charge in [0.1, 0.15) is 17.1 Å². The van der Waals surface area contributed by atoms with Gasteiger partial charge in [-0.2, -0.15) is 5.10 Å². The smallest absolute Gasteiger partial charge is 0.276 e. The van der Waals surface area contributed by atoms with Gasteiger partial charge in [0.25, 0.3) is 5.91 Å². The monoisotopic (exact) mass is 470 g/mol. The normalized spacial score (nSPS) is 19.4. The first kappa shape index (κ1) is 21.6. The summed E-state index contributed by atoms with van der Waals surface area (Å²) >= 11 is 0. The van der Waals surface area contributed by atoms with E-state index in [4.69, 9.17) is 4.74 Å². The van der Waals surface area contributed by atoms with Gasteiger partial charge >= 0.3 is 0 Å². The Balaban J connectivity index is 1.38. The van der Waals surface area contributed by atoms with Gasteiger partial charge in [0, 0.05) is 55.7 Å². The maximum absolute atomic E-state index is 13.5. The van der Waals surface area contributed by atoms with Crippen molar-refractivity contribution in [3.8, 4) is 5.75 Å². The molecule has 6 rings (SSSR count). The van der Waals surface area contributed by atoms with Gasteiger partial charge in [-0.25, -0.2) is 0 Å². The number of fused-ring (bicyclic) bond motifs is 2. The van der Waals surface area contributed by atoms with Crippen LogP contribution in [0.2, 0.25) is 0 Å². The van der Waals surface area contributed by atoms with Crippen LogP contribution in [0.5, 0.6) is 5.75 Å². The summed E-state index contributed by atoms with van der Waals surface area (Å²) in [5, 5.41) is 7.06. The molecule has 0 spiro atoms. The van der Waals surface area contributed by atoms with Gasteiger partial charge in [-0.3, -0.25) is 19.5 Å². The number of carbonyl (C=O) groups excluding carboxylic acids is 3. The van der Waals surface area contributed by atoms with E-state index in [1.807, 2.05) is 41.3 Å². The Labute approximate surface area is 202 Å². The second-order valence-corrected chi connectivity index (χ2v) is 9.37. The van der Waals surface area contributed by atoms with Crippen molar-refractivity contribution in [2.45, 2.75) is 38.5 Å². The Morgan fingerprint density at radius 1 is 1.03 bits per heavy atom. The Morgan fingerprint density at radius 3 is 2.54 bits per heavy atom. The van der Waals surface area contributed by atoms with Crippen LogP contribution in [0.15, 0.2) is 42.5 Å². The second-order valence-electron chi connectivity index (χ2n) is 9.37. The standard InChI is InChI=1S/C27H26N4O4/c1-16(32)25-24-21(17-5-10-22-18(14-17)11-13-35-22)15-31(27(34)26(24)29-28-25)20-8-6-19(7-9-20)30-12-3-2-4-23(30)33/h5-10,14,21H,2-4,11-13,15H2,1H3,(H,28,29). The lowest BCUT2D eigenvalue weighted by atomic mass is 9.84. The molecular weight excluding hydrogens is 444 g/mol. The van der Waals surface area contributed by atoms with Crippen LogP contribution in [0, 0.1) is 0 Å². The molecule has 3 aromatic rings. The average Bonchev–Trinajstić information content (AvgIpc) is 3.52. The number of ether oxygens (including phenoxy) is 1. The first-order valence-corrected chi connectivity index (χ1v) is 12.1. The lowest BCUT2D eigenvalue weighted by molar-refractivity contribution is -0.119. The molecule has 0 bridgehead atoms. The zero-order chi connectivity index (χ0) is 24.1. The fourth-order valence-electron chi connectivity index (χ4n) is 5.42. The number of amides is 2. The van der Waals surface area contributed by atoms with Crippen LogP contribution in [0.3, 0.4) is 0 Å². The molecule has 35 heavy (non-hydrogen) atoms. The number of anilines is 2. The highest BCUT2D eigenvalue weighted by Crippen LogP contribution is 2.39. The molecule has 178 valence electrons. The van der Waals surface area contributed by atoms with Crippen molar-refractivity contribution in [2.75, 3.05) is 29.5 Å². The van der Waals surface area contributed by atoms with E-state index in [1.165, 1.54) is 6.92 Å². The molecule has 0 saturated carbocycles. The zero-order valence-electron chi connectivity index (χ0n) is 19.5. The number of aromatic amines is 1. The molecule has 4 heterocycles. The summed E-state index contributed by atoms with van der Waals surface area (Å²) in [6.45, 7) is 3.24. The molecule has 3 aliphatic heterocycles. The minimum absolute atomic E-state index is 0.137. The molecule has 8 nitrogen and oxygen atoms in total. The Kier molecular flexibility index (Phi) is 5.16. The number of piperidine rings is 1. The number of hydrogen-bond acceptors (Lipinski definition) is 5. The first-order chi connectivity index (χ1) is 17.0. The molecular formula is C27H26N4O4. The van der Waals surface area contributed by atoms with Gasteiger partial charge < -0.3 is 14.5 Å². The van der Waals surface area contributed by atoms with Crippen LogP contribution in [0.25, 0.3) is 0 Å². The number of nitrogens with zero attached hydrogens (tertiary/aromatic N) is 3. The first-order valence-electron chi connectivity index (χ1n) is 12.1. The molecule has 0 aliphatic carbocycles.